The number of carbonyl (C=O) groups excluding carboxylic acids is 1. The average Bonchev–Trinajstić information content (AvgIpc) is 2.78. The predicted octanol–water partition coefficient (Wildman–Crippen LogP) is 3.23. The van der Waals surface area contributed by atoms with E-state index in [-0.39, 0.29) is 34.6 Å². The Morgan fingerprint density at radius 1 is 1.18 bits per heavy atom. The van der Waals surface area contributed by atoms with Gasteiger partial charge in [-0.3, -0.25) is 9.52 Å². The molecule has 0 aromatic heterocycles. The molecule has 33 heavy (non-hydrogen) atoms. The Morgan fingerprint density at radius 3 is 2.55 bits per heavy atom. The van der Waals surface area contributed by atoms with E-state index in [1.54, 1.807) is 31.2 Å². The number of rotatable bonds is 4. The Kier molecular flexibility index (Phi) is 8.23. The maximum atomic E-state index is 13.2. The first-order valence-corrected chi connectivity index (χ1v) is 12.5. The molecule has 1 heterocycles. The largest absolute Gasteiger partial charge is 0.491 e. The number of halogens is 1. The van der Waals surface area contributed by atoms with Crippen LogP contribution in [-0.4, -0.2) is 65.2 Å². The number of methoxy groups -OCH3 is 1. The van der Waals surface area contributed by atoms with Gasteiger partial charge in [-0.2, -0.15) is 0 Å². The summed E-state index contributed by atoms with van der Waals surface area (Å²) in [5, 5.41) is 3.86. The van der Waals surface area contributed by atoms with E-state index in [0.717, 1.165) is 0 Å². The molecule has 0 unspecified atom stereocenters. The van der Waals surface area contributed by atoms with Gasteiger partial charge in [0.05, 0.1) is 22.3 Å². The van der Waals surface area contributed by atoms with Gasteiger partial charge in [0.25, 0.3) is 15.9 Å². The Hall–Kier alpha value is -2.33. The molecule has 0 aliphatic carbocycles. The molecule has 1 aliphatic heterocycles. The molecule has 0 saturated carbocycles. The first-order chi connectivity index (χ1) is 15.6. The van der Waals surface area contributed by atoms with Gasteiger partial charge in [0.2, 0.25) is 0 Å². The molecule has 0 fully saturated rings. The van der Waals surface area contributed by atoms with Gasteiger partial charge < -0.3 is 19.7 Å². The van der Waals surface area contributed by atoms with Crippen molar-refractivity contribution in [2.45, 2.75) is 30.9 Å². The van der Waals surface area contributed by atoms with Gasteiger partial charge in [-0.15, -0.1) is 0 Å². The van der Waals surface area contributed by atoms with E-state index < -0.39 is 10.0 Å². The number of hydrogen-bond donors (Lipinski definition) is 2. The lowest BCUT2D eigenvalue weighted by Gasteiger charge is -2.30. The lowest BCUT2D eigenvalue weighted by Crippen LogP contribution is -2.44. The normalized spacial score (nSPS) is 22.5. The molecule has 2 N–H and O–H groups in total. The highest BCUT2D eigenvalue weighted by Crippen LogP contribution is 2.27. The quantitative estimate of drug-likeness (QED) is 0.676. The van der Waals surface area contributed by atoms with Crippen molar-refractivity contribution in [1.29, 1.82) is 0 Å². The van der Waals surface area contributed by atoms with Gasteiger partial charge in [0.15, 0.2) is 0 Å². The summed E-state index contributed by atoms with van der Waals surface area (Å²) in [6, 6.07) is 10.5. The van der Waals surface area contributed by atoms with Crippen molar-refractivity contribution >= 4 is 33.2 Å². The van der Waals surface area contributed by atoms with Crippen molar-refractivity contribution in [2.24, 2.45) is 5.92 Å². The van der Waals surface area contributed by atoms with Gasteiger partial charge >= 0.3 is 0 Å². The van der Waals surface area contributed by atoms with Crippen LogP contribution in [0.15, 0.2) is 47.4 Å². The molecule has 3 rings (SSSR count). The summed E-state index contributed by atoms with van der Waals surface area (Å²) in [5.74, 6) is 0.267. The van der Waals surface area contributed by atoms with E-state index in [9.17, 15) is 13.2 Å². The summed E-state index contributed by atoms with van der Waals surface area (Å²) in [6.45, 7) is 5.49. The van der Waals surface area contributed by atoms with E-state index >= 15 is 0 Å². The molecule has 2 aromatic carbocycles. The summed E-state index contributed by atoms with van der Waals surface area (Å²) < 4.78 is 39.6. The zero-order valence-corrected chi connectivity index (χ0v) is 20.7. The lowest BCUT2D eigenvalue weighted by atomic mass is 10.0. The maximum absolute atomic E-state index is 13.2. The number of nitrogens with zero attached hydrogens (tertiary/aromatic N) is 1. The smallest absolute Gasteiger partial charge is 0.261 e. The number of likely N-dealkylation sites (N-methyl/N-ethyl adjacent to an activating group) is 1. The predicted molar refractivity (Wildman–Crippen MR) is 129 cm³/mol. The van der Waals surface area contributed by atoms with Crippen LogP contribution >= 0.6 is 11.6 Å². The first kappa shape index (κ1) is 25.3. The minimum absolute atomic E-state index is 0.0134. The average molecular weight is 496 g/mol. The van der Waals surface area contributed by atoms with E-state index in [4.69, 9.17) is 21.1 Å². The third-order valence-electron chi connectivity index (χ3n) is 5.60. The van der Waals surface area contributed by atoms with Crippen LogP contribution < -0.4 is 14.8 Å². The number of carbonyl (C=O) groups is 1. The Labute approximate surface area is 200 Å². The number of ether oxygens (including phenoxy) is 2. The van der Waals surface area contributed by atoms with Crippen LogP contribution in [0.4, 0.5) is 5.69 Å². The van der Waals surface area contributed by atoms with Crippen molar-refractivity contribution < 1.29 is 22.7 Å². The number of anilines is 1. The molecule has 180 valence electrons. The zero-order valence-electron chi connectivity index (χ0n) is 19.2. The van der Waals surface area contributed by atoms with Crippen LogP contribution in [0.1, 0.15) is 24.2 Å². The summed E-state index contributed by atoms with van der Waals surface area (Å²) in [4.78, 5) is 14.8. The third kappa shape index (κ3) is 6.38. The van der Waals surface area contributed by atoms with E-state index in [0.29, 0.717) is 36.0 Å². The molecule has 0 radical (unpaired) electrons. The van der Waals surface area contributed by atoms with Crippen molar-refractivity contribution in [1.82, 2.24) is 10.2 Å². The van der Waals surface area contributed by atoms with Crippen molar-refractivity contribution in [3.05, 3.63) is 53.1 Å². The second-order valence-electron chi connectivity index (χ2n) is 8.33. The van der Waals surface area contributed by atoms with Gasteiger partial charge in [0.1, 0.15) is 12.4 Å². The molecule has 3 atom stereocenters. The van der Waals surface area contributed by atoms with Crippen LogP contribution in [0.2, 0.25) is 5.02 Å². The number of hydrogen-bond acceptors (Lipinski definition) is 6. The maximum Gasteiger partial charge on any atom is 0.261 e. The highest BCUT2D eigenvalue weighted by atomic mass is 35.5. The first-order valence-electron chi connectivity index (χ1n) is 10.7. The van der Waals surface area contributed by atoms with Gasteiger partial charge in [0, 0.05) is 44.4 Å². The van der Waals surface area contributed by atoms with E-state index in [1.165, 1.54) is 30.3 Å². The number of amides is 1. The third-order valence-corrected chi connectivity index (χ3v) is 7.25. The highest BCUT2D eigenvalue weighted by Gasteiger charge is 2.26. The van der Waals surface area contributed by atoms with E-state index in [1.807, 2.05) is 6.92 Å². The van der Waals surface area contributed by atoms with Crippen LogP contribution in [0.3, 0.4) is 0 Å². The summed E-state index contributed by atoms with van der Waals surface area (Å²) in [7, 11) is -0.481. The molecular formula is C23H30ClN3O5S. The Bertz CT molecular complexity index is 1080. The monoisotopic (exact) mass is 495 g/mol. The summed E-state index contributed by atoms with van der Waals surface area (Å²) in [6.07, 6.45) is -0.132. The van der Waals surface area contributed by atoms with Crippen LogP contribution in [0, 0.1) is 5.92 Å². The SMILES string of the molecule is CO[C@H]1CN(C)C(=O)c2ccc(NS(=O)(=O)c3ccc(Cl)cc3)cc2OC[C@H](C)NC[C@@H]1C. The van der Waals surface area contributed by atoms with Gasteiger partial charge in [-0.05, 0) is 49.2 Å². The minimum atomic E-state index is -3.84. The molecule has 0 bridgehead atoms. The second kappa shape index (κ2) is 10.7. The van der Waals surface area contributed by atoms with Crippen LogP contribution in [0.5, 0.6) is 5.75 Å². The molecule has 1 aliphatic rings. The van der Waals surface area contributed by atoms with Gasteiger partial charge in [-0.25, -0.2) is 8.42 Å². The van der Waals surface area contributed by atoms with Crippen molar-refractivity contribution in [2.75, 3.05) is 38.6 Å². The topological polar surface area (TPSA) is 97.0 Å². The van der Waals surface area contributed by atoms with Crippen molar-refractivity contribution in [3.63, 3.8) is 0 Å². The van der Waals surface area contributed by atoms with Crippen LogP contribution in [0.25, 0.3) is 0 Å². The minimum Gasteiger partial charge on any atom is -0.491 e. The standard InChI is InChI=1S/C23H30ClN3O5S/c1-15-12-25-16(2)14-32-21-11-18(26-33(29,30)19-8-5-17(24)6-9-19)7-10-20(21)23(28)27(3)13-22(15)31-4/h5-11,15-16,22,25-26H,12-14H2,1-4H3/t15-,16-,22-/m0/s1. The van der Waals surface area contributed by atoms with Gasteiger partial charge in [-0.1, -0.05) is 18.5 Å². The molecule has 1 amide bonds. The van der Waals surface area contributed by atoms with E-state index in [2.05, 4.69) is 17.0 Å². The fraction of sp³-hybridized carbons (Fsp3) is 0.435. The molecular weight excluding hydrogens is 466 g/mol. The summed E-state index contributed by atoms with van der Waals surface area (Å²) in [5.41, 5.74) is 0.637. The molecule has 8 nitrogen and oxygen atoms in total. The number of nitrogens with one attached hydrogen (secondary N) is 2. The second-order valence-corrected chi connectivity index (χ2v) is 10.4. The van der Waals surface area contributed by atoms with Crippen LogP contribution in [-0.2, 0) is 14.8 Å². The lowest BCUT2D eigenvalue weighted by molar-refractivity contribution is 0.0281. The molecule has 0 spiro atoms. The fourth-order valence-electron chi connectivity index (χ4n) is 3.55. The fourth-order valence-corrected chi connectivity index (χ4v) is 4.72. The Morgan fingerprint density at radius 2 is 1.88 bits per heavy atom. The number of benzene rings is 2. The molecule has 10 heteroatoms. The number of fused-ring (bicyclic) bond motifs is 1. The molecule has 2 aromatic rings. The highest BCUT2D eigenvalue weighted by molar-refractivity contribution is 7.92. The molecule has 0 saturated heterocycles. The number of sulfonamides is 1. The van der Waals surface area contributed by atoms with Crippen molar-refractivity contribution in [3.8, 4) is 5.75 Å². The zero-order chi connectivity index (χ0) is 24.2. The summed E-state index contributed by atoms with van der Waals surface area (Å²) >= 11 is 5.86. The Balaban J connectivity index is 1.91.